The second kappa shape index (κ2) is 9.57. The van der Waals surface area contributed by atoms with Crippen LogP contribution in [-0.2, 0) is 6.42 Å². The first-order chi connectivity index (χ1) is 13.6. The molecule has 1 heteroatoms. The van der Waals surface area contributed by atoms with E-state index in [1.807, 2.05) is 42.5 Å². The third kappa shape index (κ3) is 5.34. The lowest BCUT2D eigenvalue weighted by atomic mass is 10.1. The lowest BCUT2D eigenvalue weighted by Crippen LogP contribution is -1.86. The Labute approximate surface area is 168 Å². The van der Waals surface area contributed by atoms with Crippen LogP contribution in [0.5, 0.6) is 0 Å². The molecule has 0 heterocycles. The van der Waals surface area contributed by atoms with Crippen molar-refractivity contribution in [3.63, 3.8) is 0 Å². The van der Waals surface area contributed by atoms with Gasteiger partial charge in [0.05, 0.1) is 0 Å². The highest BCUT2D eigenvalue weighted by atomic mass is 14.5. The number of hydrogen-bond donors (Lipinski definition) is 1. The molecule has 0 atom stereocenters. The second-order valence-corrected chi connectivity index (χ2v) is 7.06. The van der Waals surface area contributed by atoms with Crippen LogP contribution in [0.15, 0.2) is 103 Å². The molecule has 0 saturated heterocycles. The fourth-order valence-corrected chi connectivity index (χ4v) is 3.23. The van der Waals surface area contributed by atoms with Crippen molar-refractivity contribution < 1.29 is 0 Å². The fourth-order valence-electron chi connectivity index (χ4n) is 3.23. The van der Waals surface area contributed by atoms with E-state index in [9.17, 15) is 0 Å². The van der Waals surface area contributed by atoms with Crippen molar-refractivity contribution >= 4 is 5.69 Å². The number of benzene rings is 4. The third-order valence-corrected chi connectivity index (χ3v) is 4.70. The van der Waals surface area contributed by atoms with Gasteiger partial charge in [-0.3, -0.25) is 0 Å². The van der Waals surface area contributed by atoms with Gasteiger partial charge < -0.3 is 5.73 Å². The molecule has 1 nitrogen and oxygen atoms in total. The molecule has 2 N–H and O–H groups in total. The van der Waals surface area contributed by atoms with E-state index in [0.717, 1.165) is 12.1 Å². The Hall–Kier alpha value is -3.32. The zero-order valence-electron chi connectivity index (χ0n) is 16.6. The molecule has 1 aliphatic carbocycles. The average Bonchev–Trinajstić information content (AvgIpc) is 3.07. The summed E-state index contributed by atoms with van der Waals surface area (Å²) in [5, 5.41) is 0. The molecule has 0 aliphatic heterocycles. The first-order valence-electron chi connectivity index (χ1n) is 9.63. The van der Waals surface area contributed by atoms with Gasteiger partial charge >= 0.3 is 0 Å². The molecule has 0 fully saturated rings. The molecule has 0 saturated carbocycles. The van der Waals surface area contributed by atoms with Gasteiger partial charge in [-0.05, 0) is 54.7 Å². The maximum absolute atomic E-state index is 5.77. The van der Waals surface area contributed by atoms with E-state index in [-0.39, 0.29) is 0 Å². The minimum absolute atomic E-state index is 0.858. The highest BCUT2D eigenvalue weighted by Crippen LogP contribution is 2.36. The van der Waals surface area contributed by atoms with E-state index < -0.39 is 0 Å². The van der Waals surface area contributed by atoms with E-state index >= 15 is 0 Å². The van der Waals surface area contributed by atoms with Crippen molar-refractivity contribution in [3.8, 4) is 11.1 Å². The molecule has 4 aromatic rings. The Kier molecular flexibility index (Phi) is 6.64. The molecule has 4 aromatic carbocycles. The molecule has 0 bridgehead atoms. The Morgan fingerprint density at radius 2 is 1.04 bits per heavy atom. The lowest BCUT2D eigenvalue weighted by Gasteiger charge is -2.00. The maximum atomic E-state index is 5.77. The third-order valence-electron chi connectivity index (χ3n) is 4.70. The minimum atomic E-state index is 0.858. The number of anilines is 1. The quantitative estimate of drug-likeness (QED) is 0.299. The van der Waals surface area contributed by atoms with E-state index in [4.69, 9.17) is 5.73 Å². The fraction of sp³-hybridized carbons (Fsp3) is 0.111. The van der Waals surface area contributed by atoms with Crippen LogP contribution in [0.3, 0.4) is 0 Å². The number of rotatable bonds is 0. The van der Waals surface area contributed by atoms with Gasteiger partial charge in [-0.15, -0.1) is 0 Å². The van der Waals surface area contributed by atoms with Gasteiger partial charge in [-0.2, -0.15) is 0 Å². The summed E-state index contributed by atoms with van der Waals surface area (Å²) in [6, 6.07) is 35.2. The maximum Gasteiger partial charge on any atom is 0.0317 e. The number of nitrogens with two attached hydrogens (primary N) is 1. The van der Waals surface area contributed by atoms with Crippen molar-refractivity contribution in [2.24, 2.45) is 0 Å². The van der Waals surface area contributed by atoms with E-state index in [1.54, 1.807) is 0 Å². The molecule has 0 radical (unpaired) electrons. The van der Waals surface area contributed by atoms with Crippen LogP contribution in [0.25, 0.3) is 11.1 Å². The molecule has 0 aromatic heterocycles. The molecule has 1 aliphatic rings. The van der Waals surface area contributed by atoms with Gasteiger partial charge in [0.25, 0.3) is 0 Å². The molecular weight excluding hydrogens is 338 g/mol. The van der Waals surface area contributed by atoms with Crippen molar-refractivity contribution in [3.05, 3.63) is 125 Å². The van der Waals surface area contributed by atoms with Crippen molar-refractivity contribution in [2.75, 3.05) is 5.73 Å². The van der Waals surface area contributed by atoms with Gasteiger partial charge in [0.1, 0.15) is 0 Å². The van der Waals surface area contributed by atoms with Crippen molar-refractivity contribution in [1.82, 2.24) is 0 Å². The van der Waals surface area contributed by atoms with Crippen LogP contribution in [0, 0.1) is 13.8 Å². The first-order valence-corrected chi connectivity index (χ1v) is 9.63. The van der Waals surface area contributed by atoms with E-state index in [1.165, 1.54) is 33.4 Å². The first kappa shape index (κ1) is 19.4. The molecular formula is C27H27N. The largest absolute Gasteiger partial charge is 0.399 e. The predicted molar refractivity (Wildman–Crippen MR) is 121 cm³/mol. The van der Waals surface area contributed by atoms with Crippen LogP contribution in [0.2, 0.25) is 0 Å². The molecule has 28 heavy (non-hydrogen) atoms. The Bertz CT molecular complexity index is 967. The second-order valence-electron chi connectivity index (χ2n) is 7.06. The number of aryl methyl sites for hydroxylation is 2. The number of fused-ring (bicyclic) bond motifs is 3. The standard InChI is InChI=1S/C13H11N.2C7H8/c14-11-5-6-13-10(8-11)7-9-3-1-2-4-12(9)13;2*1-7-5-3-2-4-6-7/h1-6,8H,7,14H2;2*2-6H,1H3. The van der Waals surface area contributed by atoms with E-state index in [2.05, 4.69) is 74.5 Å². The smallest absolute Gasteiger partial charge is 0.0317 e. The SMILES string of the molecule is Cc1ccccc1.Cc1ccccc1.Nc1ccc2c(c1)Cc1ccccc1-2. The normalized spacial score (nSPS) is 10.5. The zero-order chi connectivity index (χ0) is 19.8. The van der Waals surface area contributed by atoms with Crippen molar-refractivity contribution in [2.45, 2.75) is 20.3 Å². The minimum Gasteiger partial charge on any atom is -0.399 e. The van der Waals surface area contributed by atoms with Crippen LogP contribution in [0.4, 0.5) is 5.69 Å². The highest BCUT2D eigenvalue weighted by molar-refractivity contribution is 5.78. The van der Waals surface area contributed by atoms with Gasteiger partial charge in [0.15, 0.2) is 0 Å². The Morgan fingerprint density at radius 3 is 1.57 bits per heavy atom. The number of hydrogen-bond acceptors (Lipinski definition) is 1. The van der Waals surface area contributed by atoms with Crippen LogP contribution in [0.1, 0.15) is 22.3 Å². The average molecular weight is 366 g/mol. The van der Waals surface area contributed by atoms with Gasteiger partial charge in [-0.1, -0.05) is 102 Å². The summed E-state index contributed by atoms with van der Waals surface area (Å²) < 4.78 is 0. The highest BCUT2D eigenvalue weighted by Gasteiger charge is 2.16. The van der Waals surface area contributed by atoms with Gasteiger partial charge in [0.2, 0.25) is 0 Å². The summed E-state index contributed by atoms with van der Waals surface area (Å²) in [7, 11) is 0. The van der Waals surface area contributed by atoms with Gasteiger partial charge in [-0.25, -0.2) is 0 Å². The molecule has 0 unspecified atom stereocenters. The topological polar surface area (TPSA) is 26.0 Å². The monoisotopic (exact) mass is 365 g/mol. The van der Waals surface area contributed by atoms with Crippen LogP contribution in [-0.4, -0.2) is 0 Å². The van der Waals surface area contributed by atoms with E-state index in [0.29, 0.717) is 0 Å². The molecule has 0 spiro atoms. The summed E-state index contributed by atoms with van der Waals surface area (Å²) >= 11 is 0. The van der Waals surface area contributed by atoms with Crippen LogP contribution < -0.4 is 5.73 Å². The molecule has 0 amide bonds. The summed E-state index contributed by atoms with van der Waals surface area (Å²) in [6.07, 6.45) is 1.02. The van der Waals surface area contributed by atoms with Gasteiger partial charge in [0, 0.05) is 5.69 Å². The Morgan fingerprint density at radius 1 is 0.536 bits per heavy atom. The summed E-state index contributed by atoms with van der Waals surface area (Å²) in [5.74, 6) is 0. The summed E-state index contributed by atoms with van der Waals surface area (Å²) in [6.45, 7) is 4.17. The summed E-state index contributed by atoms with van der Waals surface area (Å²) in [5.41, 5.74) is 14.7. The summed E-state index contributed by atoms with van der Waals surface area (Å²) in [4.78, 5) is 0. The zero-order valence-corrected chi connectivity index (χ0v) is 16.6. The van der Waals surface area contributed by atoms with Crippen LogP contribution >= 0.6 is 0 Å². The molecule has 140 valence electrons. The Balaban J connectivity index is 0.000000136. The van der Waals surface area contributed by atoms with Crippen molar-refractivity contribution in [1.29, 1.82) is 0 Å². The molecule has 5 rings (SSSR count). The number of nitrogen functional groups attached to an aromatic ring is 1. The lowest BCUT2D eigenvalue weighted by molar-refractivity contribution is 1.26. The predicted octanol–water partition coefficient (Wildman–Crippen LogP) is 6.83.